The normalized spacial score (nSPS) is 23.2. The number of hydrogen-bond acceptors (Lipinski definition) is 5. The van der Waals surface area contributed by atoms with E-state index < -0.39 is 12.1 Å². The zero-order valence-electron chi connectivity index (χ0n) is 22.1. The van der Waals surface area contributed by atoms with Gasteiger partial charge >= 0.3 is 0 Å². The monoisotopic (exact) mass is 530 g/mol. The Morgan fingerprint density at radius 3 is 2.53 bits per heavy atom. The van der Waals surface area contributed by atoms with Crippen molar-refractivity contribution in [3.05, 3.63) is 77.4 Å². The molecule has 0 bridgehead atoms. The van der Waals surface area contributed by atoms with Crippen LogP contribution in [0, 0.1) is 5.92 Å². The predicted molar refractivity (Wildman–Crippen MR) is 152 cm³/mol. The van der Waals surface area contributed by atoms with Crippen LogP contribution in [0.25, 0.3) is 5.70 Å². The number of benzene rings is 2. The predicted octanol–water partition coefficient (Wildman–Crippen LogP) is 4.65. The average molecular weight is 531 g/mol. The van der Waals surface area contributed by atoms with Crippen LogP contribution in [0.4, 0.5) is 0 Å². The third kappa shape index (κ3) is 4.89. The molecule has 4 unspecified atom stereocenters. The lowest BCUT2D eigenvalue weighted by molar-refractivity contribution is -0.143. The molecule has 38 heavy (non-hydrogen) atoms. The number of carbonyl (C=O) groups is 3. The van der Waals surface area contributed by atoms with Gasteiger partial charge in [-0.25, -0.2) is 0 Å². The van der Waals surface area contributed by atoms with E-state index in [0.29, 0.717) is 36.0 Å². The van der Waals surface area contributed by atoms with E-state index >= 15 is 0 Å². The van der Waals surface area contributed by atoms with Crippen molar-refractivity contribution >= 4 is 40.7 Å². The Hall–Kier alpha value is -3.39. The summed E-state index contributed by atoms with van der Waals surface area (Å²) in [7, 11) is 0. The molecule has 1 fully saturated rings. The summed E-state index contributed by atoms with van der Waals surface area (Å²) >= 11 is 1.71. The lowest BCUT2D eigenvalue weighted by atomic mass is 10.00. The van der Waals surface area contributed by atoms with Gasteiger partial charge in [-0.2, -0.15) is 0 Å². The van der Waals surface area contributed by atoms with Crippen LogP contribution in [0.15, 0.2) is 60.1 Å². The summed E-state index contributed by atoms with van der Waals surface area (Å²) in [5.41, 5.74) is 6.01. The van der Waals surface area contributed by atoms with Crippen LogP contribution in [0.5, 0.6) is 0 Å². The Morgan fingerprint density at radius 2 is 1.87 bits per heavy atom. The fourth-order valence-electron chi connectivity index (χ4n) is 5.68. The van der Waals surface area contributed by atoms with Crippen molar-refractivity contribution in [1.29, 1.82) is 0 Å². The van der Waals surface area contributed by atoms with Crippen molar-refractivity contribution in [2.75, 3.05) is 6.54 Å². The summed E-state index contributed by atoms with van der Waals surface area (Å²) in [5, 5.41) is 3.24. The average Bonchev–Trinajstić information content (AvgIpc) is 3.64. The first kappa shape index (κ1) is 26.2. The molecular formula is C30H34N4O3S. The summed E-state index contributed by atoms with van der Waals surface area (Å²) in [4.78, 5) is 48.1. The van der Waals surface area contributed by atoms with Gasteiger partial charge in [-0.05, 0) is 48.4 Å². The number of nitrogens with zero attached hydrogens (tertiary/aromatic N) is 3. The Labute approximate surface area is 228 Å². The van der Waals surface area contributed by atoms with Gasteiger partial charge in [0.05, 0.1) is 16.8 Å². The maximum Gasteiger partial charge on any atom is 0.255 e. The van der Waals surface area contributed by atoms with Gasteiger partial charge in [-0.15, -0.1) is 11.8 Å². The fraction of sp³-hybridized carbons (Fsp3) is 0.400. The Morgan fingerprint density at radius 1 is 1.13 bits per heavy atom. The number of aliphatic imine (C=N–C) groups is 1. The zero-order valence-corrected chi connectivity index (χ0v) is 22.9. The molecule has 3 aliphatic heterocycles. The van der Waals surface area contributed by atoms with Crippen molar-refractivity contribution in [3.63, 3.8) is 0 Å². The largest absolute Gasteiger partial charge is 0.329 e. The summed E-state index contributed by atoms with van der Waals surface area (Å²) in [5.74, 6) is -0.623. The van der Waals surface area contributed by atoms with E-state index in [2.05, 4.69) is 35.9 Å². The summed E-state index contributed by atoms with van der Waals surface area (Å²) < 4.78 is 0. The first-order valence-corrected chi connectivity index (χ1v) is 14.2. The molecule has 2 aromatic carbocycles. The molecule has 1 saturated heterocycles. The lowest BCUT2D eigenvalue weighted by Crippen LogP contribution is -2.55. The van der Waals surface area contributed by atoms with Gasteiger partial charge in [-0.3, -0.25) is 19.4 Å². The van der Waals surface area contributed by atoms with Gasteiger partial charge in [-0.1, -0.05) is 62.9 Å². The van der Waals surface area contributed by atoms with Crippen LogP contribution in [0.1, 0.15) is 65.9 Å². The minimum atomic E-state index is -0.626. The molecule has 7 nitrogen and oxygen atoms in total. The lowest BCUT2D eigenvalue weighted by Gasteiger charge is -2.35. The highest BCUT2D eigenvalue weighted by Gasteiger charge is 2.43. The Kier molecular flexibility index (Phi) is 7.43. The highest BCUT2D eigenvalue weighted by atomic mass is 32.2. The van der Waals surface area contributed by atoms with Crippen molar-refractivity contribution in [2.45, 2.75) is 63.5 Å². The third-order valence-corrected chi connectivity index (χ3v) is 8.91. The van der Waals surface area contributed by atoms with E-state index in [-0.39, 0.29) is 29.7 Å². The molecule has 2 aromatic rings. The molecule has 0 spiro atoms. The van der Waals surface area contributed by atoms with E-state index in [4.69, 9.17) is 0 Å². The molecule has 3 heterocycles. The van der Waals surface area contributed by atoms with Crippen LogP contribution in [-0.2, 0) is 16.1 Å². The quantitative estimate of drug-likeness (QED) is 0.565. The minimum absolute atomic E-state index is 0.0929. The van der Waals surface area contributed by atoms with E-state index in [1.807, 2.05) is 55.8 Å². The van der Waals surface area contributed by atoms with Gasteiger partial charge < -0.3 is 15.1 Å². The molecule has 3 amide bonds. The molecule has 0 saturated carbocycles. The highest BCUT2D eigenvalue weighted by Crippen LogP contribution is 2.37. The number of hydrogen-bond donors (Lipinski definition) is 1. The number of carbonyl (C=O) groups excluding carboxylic acids is 3. The smallest absolute Gasteiger partial charge is 0.255 e. The summed E-state index contributed by atoms with van der Waals surface area (Å²) in [6.45, 7) is 11.0. The first-order chi connectivity index (χ1) is 18.3. The second-order valence-corrected chi connectivity index (χ2v) is 11.6. The van der Waals surface area contributed by atoms with E-state index in [1.165, 1.54) is 5.56 Å². The number of nitrogens with one attached hydrogen (secondary N) is 1. The summed E-state index contributed by atoms with van der Waals surface area (Å²) in [6.07, 6.45) is 1.32. The van der Waals surface area contributed by atoms with E-state index in [9.17, 15) is 14.4 Å². The molecule has 1 N–H and O–H groups in total. The number of thioether (sulfide) groups is 1. The molecule has 198 valence electrons. The maximum absolute atomic E-state index is 13.8. The van der Waals surface area contributed by atoms with Crippen LogP contribution in [0.3, 0.4) is 0 Å². The number of fused-ring (bicyclic) bond motifs is 1. The van der Waals surface area contributed by atoms with Gasteiger partial charge in [0.25, 0.3) is 5.91 Å². The SMILES string of the molecule is C=C(NC(=O)C1CCCN1C(=O)C(C(C)C)N1Cc2ccccc2C1=O)c1ccc(C2SC=NC2C)cc1. The summed E-state index contributed by atoms with van der Waals surface area (Å²) in [6, 6.07) is 14.6. The van der Waals surface area contributed by atoms with E-state index in [1.54, 1.807) is 21.6 Å². The second kappa shape index (κ2) is 10.8. The van der Waals surface area contributed by atoms with Crippen LogP contribution < -0.4 is 5.32 Å². The molecule has 5 rings (SSSR count). The van der Waals surface area contributed by atoms with Gasteiger partial charge in [0.15, 0.2) is 0 Å². The highest BCUT2D eigenvalue weighted by molar-refractivity contribution is 8.12. The van der Waals surface area contributed by atoms with Gasteiger partial charge in [0.2, 0.25) is 11.8 Å². The van der Waals surface area contributed by atoms with Gasteiger partial charge in [0.1, 0.15) is 12.1 Å². The van der Waals surface area contributed by atoms with Crippen LogP contribution in [-0.4, -0.2) is 57.7 Å². The van der Waals surface area contributed by atoms with Crippen molar-refractivity contribution in [1.82, 2.24) is 15.1 Å². The standard InChI is InChI=1S/C30H34N4O3S/c1-18(2)26(34-16-23-8-5-6-9-24(23)29(34)36)30(37)33-15-7-10-25(33)28(35)32-19(3)21-11-13-22(14-12-21)27-20(4)31-17-38-27/h5-6,8-9,11-14,17-18,20,25-27H,3,7,10,15-16H2,1-2,4H3,(H,32,35). The van der Waals surface area contributed by atoms with E-state index in [0.717, 1.165) is 17.5 Å². The van der Waals surface area contributed by atoms with Crippen molar-refractivity contribution in [3.8, 4) is 0 Å². The zero-order chi connectivity index (χ0) is 27.0. The molecule has 4 atom stereocenters. The van der Waals surface area contributed by atoms with Crippen LogP contribution >= 0.6 is 11.8 Å². The molecule has 0 radical (unpaired) electrons. The third-order valence-electron chi connectivity index (χ3n) is 7.71. The number of rotatable bonds is 7. The van der Waals surface area contributed by atoms with Crippen molar-refractivity contribution in [2.24, 2.45) is 10.9 Å². The Bertz CT molecular complexity index is 1290. The van der Waals surface area contributed by atoms with Crippen LogP contribution in [0.2, 0.25) is 0 Å². The first-order valence-electron chi connectivity index (χ1n) is 13.2. The maximum atomic E-state index is 13.8. The topological polar surface area (TPSA) is 82.1 Å². The molecule has 0 aromatic heterocycles. The molecular weight excluding hydrogens is 496 g/mol. The second-order valence-electron chi connectivity index (χ2n) is 10.6. The molecule has 3 aliphatic rings. The Balaban J connectivity index is 1.26. The fourth-order valence-corrected chi connectivity index (χ4v) is 6.68. The number of likely N-dealkylation sites (tertiary alicyclic amines) is 1. The number of amides is 3. The van der Waals surface area contributed by atoms with Crippen molar-refractivity contribution < 1.29 is 14.4 Å². The molecule has 8 heteroatoms. The minimum Gasteiger partial charge on any atom is -0.329 e. The van der Waals surface area contributed by atoms with Gasteiger partial charge in [0, 0.05) is 24.4 Å². The molecule has 0 aliphatic carbocycles.